The van der Waals surface area contributed by atoms with E-state index in [2.05, 4.69) is 15.5 Å². The molecule has 5 rings (SSSR count). The number of aromatic nitrogens is 2. The topological polar surface area (TPSA) is 84.4 Å². The fourth-order valence-corrected chi connectivity index (χ4v) is 4.70. The number of halogens is 1. The van der Waals surface area contributed by atoms with Crippen LogP contribution in [0, 0.1) is 0 Å². The summed E-state index contributed by atoms with van der Waals surface area (Å²) in [6.45, 7) is 1.33. The largest absolute Gasteiger partial charge is 0.485 e. The highest BCUT2D eigenvalue weighted by Gasteiger charge is 2.23. The summed E-state index contributed by atoms with van der Waals surface area (Å²) in [6, 6.07) is 22.0. The molecule has 1 N–H and O–H groups in total. The Labute approximate surface area is 211 Å². The zero-order chi connectivity index (χ0) is 24.2. The lowest BCUT2D eigenvalue weighted by molar-refractivity contribution is 0.0734. The number of amides is 2. The van der Waals surface area contributed by atoms with E-state index in [1.54, 1.807) is 18.2 Å². The van der Waals surface area contributed by atoms with Crippen molar-refractivity contribution in [1.82, 2.24) is 15.1 Å². The van der Waals surface area contributed by atoms with E-state index in [4.69, 9.17) is 16.3 Å². The van der Waals surface area contributed by atoms with E-state index in [0.29, 0.717) is 51.5 Å². The third-order valence-electron chi connectivity index (χ3n) is 5.66. The third-order valence-corrected chi connectivity index (χ3v) is 6.79. The van der Waals surface area contributed by atoms with Crippen LogP contribution in [-0.4, -0.2) is 33.5 Å². The highest BCUT2D eigenvalue weighted by molar-refractivity contribution is 7.15. The molecule has 0 atom stereocenters. The summed E-state index contributed by atoms with van der Waals surface area (Å²) in [6.07, 6.45) is 0.692. The van der Waals surface area contributed by atoms with Gasteiger partial charge in [0.25, 0.3) is 11.8 Å². The fourth-order valence-electron chi connectivity index (χ4n) is 3.86. The summed E-state index contributed by atoms with van der Waals surface area (Å²) in [5.74, 6) is 0.321. The SMILES string of the molecule is O=C(Nc1nnc(COc2ccccc2Cl)s1)c1ccc2c(c1)CCN(C(=O)c1ccccc1)C2. The first-order chi connectivity index (χ1) is 17.1. The molecule has 1 aliphatic heterocycles. The second-order valence-corrected chi connectivity index (χ2v) is 9.47. The average molecular weight is 505 g/mol. The molecule has 0 saturated heterocycles. The summed E-state index contributed by atoms with van der Waals surface area (Å²) in [5.41, 5.74) is 3.34. The highest BCUT2D eigenvalue weighted by atomic mass is 35.5. The predicted molar refractivity (Wildman–Crippen MR) is 135 cm³/mol. The van der Waals surface area contributed by atoms with Crippen molar-refractivity contribution in [2.75, 3.05) is 11.9 Å². The molecular weight excluding hydrogens is 484 g/mol. The number of hydrogen-bond acceptors (Lipinski definition) is 6. The summed E-state index contributed by atoms with van der Waals surface area (Å²) in [5, 5.41) is 12.5. The lowest BCUT2D eigenvalue weighted by atomic mass is 9.96. The minimum atomic E-state index is -0.259. The van der Waals surface area contributed by atoms with Gasteiger partial charge >= 0.3 is 0 Å². The Hall–Kier alpha value is -3.75. The third kappa shape index (κ3) is 5.34. The average Bonchev–Trinajstić information content (AvgIpc) is 3.34. The Morgan fingerprint density at radius 1 is 0.971 bits per heavy atom. The maximum absolute atomic E-state index is 12.8. The molecule has 176 valence electrons. The number of para-hydroxylation sites is 1. The Kier molecular flexibility index (Phi) is 6.74. The van der Waals surface area contributed by atoms with Crippen LogP contribution in [0.15, 0.2) is 72.8 Å². The molecule has 0 aliphatic carbocycles. The molecule has 7 nitrogen and oxygen atoms in total. The Bertz CT molecular complexity index is 1380. The fraction of sp³-hybridized carbons (Fsp3) is 0.154. The lowest BCUT2D eigenvalue weighted by Crippen LogP contribution is -2.36. The van der Waals surface area contributed by atoms with E-state index in [-0.39, 0.29) is 18.4 Å². The number of nitrogens with zero attached hydrogens (tertiary/aromatic N) is 3. The van der Waals surface area contributed by atoms with Gasteiger partial charge in [0.2, 0.25) is 5.13 Å². The van der Waals surface area contributed by atoms with Crippen LogP contribution in [0.3, 0.4) is 0 Å². The molecule has 2 amide bonds. The summed E-state index contributed by atoms with van der Waals surface area (Å²) in [4.78, 5) is 27.4. The monoisotopic (exact) mass is 504 g/mol. The Balaban J connectivity index is 1.20. The standard InChI is InChI=1S/C26H21ClN4O3S/c27-21-8-4-5-9-22(21)34-16-23-29-30-26(35-23)28-24(32)19-10-11-20-15-31(13-12-18(20)14-19)25(33)17-6-2-1-3-7-17/h1-11,14H,12-13,15-16H2,(H,28,30,32). The van der Waals surface area contributed by atoms with Gasteiger partial charge in [-0.2, -0.15) is 0 Å². The van der Waals surface area contributed by atoms with Gasteiger partial charge in [0.15, 0.2) is 5.01 Å². The number of fused-ring (bicyclic) bond motifs is 1. The lowest BCUT2D eigenvalue weighted by Gasteiger charge is -2.29. The molecule has 0 fully saturated rings. The van der Waals surface area contributed by atoms with Gasteiger partial charge in [-0.25, -0.2) is 0 Å². The molecule has 0 spiro atoms. The Morgan fingerprint density at radius 3 is 2.60 bits per heavy atom. The number of ether oxygens (including phenoxy) is 1. The first-order valence-corrected chi connectivity index (χ1v) is 12.2. The zero-order valence-electron chi connectivity index (χ0n) is 18.6. The van der Waals surface area contributed by atoms with Crippen LogP contribution in [0.1, 0.15) is 36.9 Å². The van der Waals surface area contributed by atoms with E-state index in [9.17, 15) is 9.59 Å². The van der Waals surface area contributed by atoms with Crippen molar-refractivity contribution in [2.24, 2.45) is 0 Å². The van der Waals surface area contributed by atoms with Gasteiger partial charge in [0.05, 0.1) is 5.02 Å². The molecule has 1 aromatic heterocycles. The van der Waals surface area contributed by atoms with Crippen LogP contribution >= 0.6 is 22.9 Å². The van der Waals surface area contributed by atoms with Crippen molar-refractivity contribution < 1.29 is 14.3 Å². The molecule has 0 unspecified atom stereocenters. The van der Waals surface area contributed by atoms with Crippen molar-refractivity contribution in [1.29, 1.82) is 0 Å². The first kappa shape index (κ1) is 23.0. The molecule has 0 bridgehead atoms. The molecule has 1 aliphatic rings. The number of anilines is 1. The number of nitrogens with one attached hydrogen (secondary N) is 1. The van der Waals surface area contributed by atoms with E-state index >= 15 is 0 Å². The number of carbonyl (C=O) groups excluding carboxylic acids is 2. The van der Waals surface area contributed by atoms with Crippen molar-refractivity contribution in [2.45, 2.75) is 19.6 Å². The number of carbonyl (C=O) groups is 2. The quantitative estimate of drug-likeness (QED) is 0.389. The second-order valence-electron chi connectivity index (χ2n) is 8.00. The minimum Gasteiger partial charge on any atom is -0.485 e. The van der Waals surface area contributed by atoms with E-state index < -0.39 is 0 Å². The maximum Gasteiger partial charge on any atom is 0.257 e. The molecule has 0 saturated carbocycles. The highest BCUT2D eigenvalue weighted by Crippen LogP contribution is 2.26. The number of benzene rings is 3. The van der Waals surface area contributed by atoms with E-state index in [0.717, 1.165) is 11.1 Å². The number of hydrogen-bond donors (Lipinski definition) is 1. The van der Waals surface area contributed by atoms with Gasteiger partial charge in [0, 0.05) is 24.2 Å². The van der Waals surface area contributed by atoms with Gasteiger partial charge in [0.1, 0.15) is 12.4 Å². The van der Waals surface area contributed by atoms with Crippen molar-refractivity contribution >= 4 is 39.9 Å². The maximum atomic E-state index is 12.8. The molecule has 4 aromatic rings. The van der Waals surface area contributed by atoms with E-state index in [1.807, 2.05) is 59.5 Å². The predicted octanol–water partition coefficient (Wildman–Crippen LogP) is 5.22. The van der Waals surface area contributed by atoms with Gasteiger partial charge in [-0.05, 0) is 53.9 Å². The van der Waals surface area contributed by atoms with Gasteiger partial charge in [-0.1, -0.05) is 59.3 Å². The number of rotatable bonds is 6. The summed E-state index contributed by atoms with van der Waals surface area (Å²) >= 11 is 7.35. The van der Waals surface area contributed by atoms with E-state index in [1.165, 1.54) is 11.3 Å². The molecule has 2 heterocycles. The molecule has 3 aromatic carbocycles. The molecule has 9 heteroatoms. The smallest absolute Gasteiger partial charge is 0.257 e. The second kappa shape index (κ2) is 10.2. The van der Waals surface area contributed by atoms with Crippen molar-refractivity contribution in [3.05, 3.63) is 105 Å². The first-order valence-electron chi connectivity index (χ1n) is 11.0. The zero-order valence-corrected chi connectivity index (χ0v) is 20.2. The van der Waals surface area contributed by atoms with Gasteiger partial charge < -0.3 is 9.64 Å². The summed E-state index contributed by atoms with van der Waals surface area (Å²) in [7, 11) is 0. The van der Waals surface area contributed by atoms with Crippen LogP contribution in [0.25, 0.3) is 0 Å². The minimum absolute atomic E-state index is 0.0173. The molecule has 0 radical (unpaired) electrons. The van der Waals surface area contributed by atoms with Crippen LogP contribution < -0.4 is 10.1 Å². The van der Waals surface area contributed by atoms with Crippen LogP contribution in [0.2, 0.25) is 5.02 Å². The Morgan fingerprint density at radius 2 is 1.77 bits per heavy atom. The van der Waals surface area contributed by atoms with Crippen LogP contribution in [-0.2, 0) is 19.6 Å². The molecule has 35 heavy (non-hydrogen) atoms. The van der Waals surface area contributed by atoms with Crippen LogP contribution in [0.5, 0.6) is 5.75 Å². The van der Waals surface area contributed by atoms with Gasteiger partial charge in [-0.3, -0.25) is 14.9 Å². The summed E-state index contributed by atoms with van der Waals surface area (Å²) < 4.78 is 5.68. The van der Waals surface area contributed by atoms with Crippen LogP contribution in [0.4, 0.5) is 5.13 Å². The molecular formula is C26H21ClN4O3S. The van der Waals surface area contributed by atoms with Gasteiger partial charge in [-0.15, -0.1) is 10.2 Å². The van der Waals surface area contributed by atoms with Crippen molar-refractivity contribution in [3.8, 4) is 5.75 Å². The normalized spacial score (nSPS) is 12.7. The van der Waals surface area contributed by atoms with Crippen molar-refractivity contribution in [3.63, 3.8) is 0 Å².